The Labute approximate surface area is 129 Å². The first-order valence-electron chi connectivity index (χ1n) is 8.51. The zero-order chi connectivity index (χ0) is 15.9. The van der Waals surface area contributed by atoms with Crippen molar-refractivity contribution in [2.45, 2.75) is 97.0 Å². The van der Waals surface area contributed by atoms with Crippen LogP contribution in [0.3, 0.4) is 0 Å². The SMILES string of the molecule is CCCCC(CCC)OC(=O)CCCCCCCC(=O)O. The van der Waals surface area contributed by atoms with E-state index >= 15 is 0 Å². The molecule has 0 bridgehead atoms. The molecule has 1 atom stereocenters. The molecule has 0 spiro atoms. The highest BCUT2D eigenvalue weighted by atomic mass is 16.5. The fourth-order valence-corrected chi connectivity index (χ4v) is 2.34. The number of carboxylic acids is 1. The van der Waals surface area contributed by atoms with Gasteiger partial charge in [-0.15, -0.1) is 0 Å². The van der Waals surface area contributed by atoms with Crippen molar-refractivity contribution < 1.29 is 19.4 Å². The molecule has 0 amide bonds. The number of aliphatic carboxylic acids is 1. The predicted molar refractivity (Wildman–Crippen MR) is 84.3 cm³/mol. The minimum atomic E-state index is -0.729. The van der Waals surface area contributed by atoms with E-state index in [0.29, 0.717) is 6.42 Å². The predicted octanol–water partition coefficient (Wildman–Crippen LogP) is 4.70. The zero-order valence-corrected chi connectivity index (χ0v) is 13.7. The standard InChI is InChI=1S/C17H32O4/c1-3-5-12-15(11-4-2)21-17(20)14-10-8-6-7-9-13-16(18)19/h15H,3-14H2,1-2H3,(H,18,19). The minimum absolute atomic E-state index is 0.0740. The Morgan fingerprint density at radius 1 is 0.857 bits per heavy atom. The first-order chi connectivity index (χ1) is 10.1. The lowest BCUT2D eigenvalue weighted by Gasteiger charge is -2.17. The van der Waals surface area contributed by atoms with Crippen LogP contribution < -0.4 is 0 Å². The summed E-state index contributed by atoms with van der Waals surface area (Å²) in [6.45, 7) is 4.26. The van der Waals surface area contributed by atoms with Crippen LogP contribution in [0.1, 0.15) is 90.9 Å². The molecule has 0 aromatic carbocycles. The van der Waals surface area contributed by atoms with Gasteiger partial charge in [-0.3, -0.25) is 9.59 Å². The van der Waals surface area contributed by atoms with E-state index in [2.05, 4.69) is 13.8 Å². The lowest BCUT2D eigenvalue weighted by atomic mass is 10.1. The number of hydrogen-bond donors (Lipinski definition) is 1. The minimum Gasteiger partial charge on any atom is -0.481 e. The van der Waals surface area contributed by atoms with Crippen LogP contribution in [0.15, 0.2) is 0 Å². The maximum Gasteiger partial charge on any atom is 0.306 e. The van der Waals surface area contributed by atoms with Crippen molar-refractivity contribution in [1.29, 1.82) is 0 Å². The number of carbonyl (C=O) groups is 2. The first-order valence-corrected chi connectivity index (χ1v) is 8.51. The molecular weight excluding hydrogens is 268 g/mol. The van der Waals surface area contributed by atoms with E-state index < -0.39 is 5.97 Å². The molecule has 0 rings (SSSR count). The molecule has 0 aliphatic heterocycles. The van der Waals surface area contributed by atoms with Gasteiger partial charge in [0.2, 0.25) is 0 Å². The molecular formula is C17H32O4. The summed E-state index contributed by atoms with van der Waals surface area (Å²) in [4.78, 5) is 22.1. The van der Waals surface area contributed by atoms with Crippen LogP contribution >= 0.6 is 0 Å². The molecule has 0 aromatic rings. The van der Waals surface area contributed by atoms with E-state index in [9.17, 15) is 9.59 Å². The molecule has 0 saturated heterocycles. The maximum absolute atomic E-state index is 11.8. The number of unbranched alkanes of at least 4 members (excludes halogenated alkanes) is 5. The normalized spacial score (nSPS) is 12.1. The monoisotopic (exact) mass is 300 g/mol. The second-order valence-electron chi connectivity index (χ2n) is 5.70. The molecule has 1 N–H and O–H groups in total. The molecule has 1 unspecified atom stereocenters. The molecule has 0 saturated carbocycles. The Morgan fingerprint density at radius 3 is 2.05 bits per heavy atom. The van der Waals surface area contributed by atoms with Gasteiger partial charge in [-0.05, 0) is 25.7 Å². The van der Waals surface area contributed by atoms with Gasteiger partial charge in [0.05, 0.1) is 0 Å². The molecule has 21 heavy (non-hydrogen) atoms. The summed E-state index contributed by atoms with van der Waals surface area (Å²) >= 11 is 0. The average Bonchev–Trinajstić information content (AvgIpc) is 2.43. The van der Waals surface area contributed by atoms with Crippen LogP contribution in [-0.4, -0.2) is 23.1 Å². The lowest BCUT2D eigenvalue weighted by molar-refractivity contribution is -0.150. The molecule has 4 heteroatoms. The second kappa shape index (κ2) is 13.9. The van der Waals surface area contributed by atoms with Crippen LogP contribution in [0.4, 0.5) is 0 Å². The molecule has 0 aliphatic carbocycles. The summed E-state index contributed by atoms with van der Waals surface area (Å²) in [6.07, 6.45) is 10.5. The molecule has 0 fully saturated rings. The highest BCUT2D eigenvalue weighted by molar-refractivity contribution is 5.69. The van der Waals surface area contributed by atoms with Gasteiger partial charge in [0.15, 0.2) is 0 Å². The topological polar surface area (TPSA) is 63.6 Å². The van der Waals surface area contributed by atoms with Crippen molar-refractivity contribution >= 4 is 11.9 Å². The Morgan fingerprint density at radius 2 is 1.48 bits per heavy atom. The largest absolute Gasteiger partial charge is 0.481 e. The van der Waals surface area contributed by atoms with Crippen molar-refractivity contribution in [3.63, 3.8) is 0 Å². The summed E-state index contributed by atoms with van der Waals surface area (Å²) in [7, 11) is 0. The van der Waals surface area contributed by atoms with Gasteiger partial charge in [0.1, 0.15) is 6.10 Å². The summed E-state index contributed by atoms with van der Waals surface area (Å²) in [5.41, 5.74) is 0. The molecule has 0 aliphatic rings. The van der Waals surface area contributed by atoms with Crippen LogP contribution in [0.5, 0.6) is 0 Å². The van der Waals surface area contributed by atoms with Crippen LogP contribution in [0.2, 0.25) is 0 Å². The van der Waals surface area contributed by atoms with E-state index in [0.717, 1.165) is 64.2 Å². The van der Waals surface area contributed by atoms with Crippen LogP contribution in [0.25, 0.3) is 0 Å². The Hall–Kier alpha value is -1.06. The van der Waals surface area contributed by atoms with Crippen LogP contribution in [-0.2, 0) is 14.3 Å². The van der Waals surface area contributed by atoms with E-state index in [4.69, 9.17) is 9.84 Å². The highest BCUT2D eigenvalue weighted by Gasteiger charge is 2.12. The van der Waals surface area contributed by atoms with Gasteiger partial charge in [-0.2, -0.15) is 0 Å². The number of ether oxygens (including phenoxy) is 1. The quantitative estimate of drug-likeness (QED) is 0.373. The van der Waals surface area contributed by atoms with E-state index in [1.165, 1.54) is 0 Å². The summed E-state index contributed by atoms with van der Waals surface area (Å²) < 4.78 is 5.54. The number of carbonyl (C=O) groups excluding carboxylic acids is 1. The van der Waals surface area contributed by atoms with Crippen molar-refractivity contribution in [2.24, 2.45) is 0 Å². The van der Waals surface area contributed by atoms with E-state index in [1.54, 1.807) is 0 Å². The Balaban J connectivity index is 3.60. The second-order valence-corrected chi connectivity index (χ2v) is 5.70. The van der Waals surface area contributed by atoms with E-state index in [-0.39, 0.29) is 18.5 Å². The Kier molecular flexibility index (Phi) is 13.2. The fraction of sp³-hybridized carbons (Fsp3) is 0.882. The van der Waals surface area contributed by atoms with Crippen molar-refractivity contribution in [1.82, 2.24) is 0 Å². The zero-order valence-electron chi connectivity index (χ0n) is 13.7. The summed E-state index contributed by atoms with van der Waals surface area (Å²) in [5, 5.41) is 8.52. The first kappa shape index (κ1) is 19.9. The third-order valence-electron chi connectivity index (χ3n) is 3.56. The molecule has 0 radical (unpaired) electrons. The molecule has 0 heterocycles. The van der Waals surface area contributed by atoms with Gasteiger partial charge >= 0.3 is 11.9 Å². The third kappa shape index (κ3) is 13.7. The number of carboxylic acid groups (broad SMARTS) is 1. The van der Waals surface area contributed by atoms with Gasteiger partial charge in [0.25, 0.3) is 0 Å². The lowest BCUT2D eigenvalue weighted by Crippen LogP contribution is -2.18. The van der Waals surface area contributed by atoms with Gasteiger partial charge < -0.3 is 9.84 Å². The highest BCUT2D eigenvalue weighted by Crippen LogP contribution is 2.13. The summed E-state index contributed by atoms with van der Waals surface area (Å²) in [6, 6.07) is 0. The number of rotatable bonds is 14. The maximum atomic E-state index is 11.8. The third-order valence-corrected chi connectivity index (χ3v) is 3.56. The number of hydrogen-bond acceptors (Lipinski definition) is 3. The average molecular weight is 300 g/mol. The summed E-state index contributed by atoms with van der Waals surface area (Å²) in [5.74, 6) is -0.803. The van der Waals surface area contributed by atoms with Gasteiger partial charge in [-0.25, -0.2) is 0 Å². The van der Waals surface area contributed by atoms with Crippen LogP contribution in [0, 0.1) is 0 Å². The smallest absolute Gasteiger partial charge is 0.306 e. The molecule has 4 nitrogen and oxygen atoms in total. The van der Waals surface area contributed by atoms with E-state index in [1.807, 2.05) is 0 Å². The molecule has 0 aromatic heterocycles. The number of esters is 1. The van der Waals surface area contributed by atoms with Gasteiger partial charge in [-0.1, -0.05) is 52.4 Å². The fourth-order valence-electron chi connectivity index (χ4n) is 2.34. The van der Waals surface area contributed by atoms with Crippen molar-refractivity contribution in [3.05, 3.63) is 0 Å². The van der Waals surface area contributed by atoms with Crippen molar-refractivity contribution in [3.8, 4) is 0 Å². The molecule has 124 valence electrons. The Bertz CT molecular complexity index is 276. The van der Waals surface area contributed by atoms with Crippen molar-refractivity contribution in [2.75, 3.05) is 0 Å². The van der Waals surface area contributed by atoms with Gasteiger partial charge in [0, 0.05) is 12.8 Å².